The third kappa shape index (κ3) is 6.37. The first-order valence-electron chi connectivity index (χ1n) is 11.1. The topological polar surface area (TPSA) is 69.3 Å². The van der Waals surface area contributed by atoms with Crippen molar-refractivity contribution in [1.82, 2.24) is 10.2 Å². The van der Waals surface area contributed by atoms with Gasteiger partial charge < -0.3 is 24.3 Å². The second-order valence-electron chi connectivity index (χ2n) is 7.87. The summed E-state index contributed by atoms with van der Waals surface area (Å²) in [5.41, 5.74) is 3.24. The van der Waals surface area contributed by atoms with Crippen molar-refractivity contribution < 1.29 is 23.7 Å². The number of morpholine rings is 1. The molecule has 0 radical (unpaired) electrons. The second kappa shape index (κ2) is 11.7. The van der Waals surface area contributed by atoms with Crippen molar-refractivity contribution >= 4 is 5.91 Å². The van der Waals surface area contributed by atoms with E-state index in [1.807, 2.05) is 57.2 Å². The Morgan fingerprint density at radius 1 is 1.06 bits per heavy atom. The second-order valence-corrected chi connectivity index (χ2v) is 7.87. The van der Waals surface area contributed by atoms with Crippen molar-refractivity contribution in [1.29, 1.82) is 0 Å². The van der Waals surface area contributed by atoms with E-state index in [1.165, 1.54) is 5.56 Å². The van der Waals surface area contributed by atoms with Gasteiger partial charge in [-0.25, -0.2) is 0 Å². The number of hydrogen-bond acceptors (Lipinski definition) is 6. The molecule has 2 aromatic carbocycles. The number of aryl methyl sites for hydroxylation is 2. The van der Waals surface area contributed by atoms with E-state index in [9.17, 15) is 4.79 Å². The predicted octanol–water partition coefficient (Wildman–Crippen LogP) is 3.28. The summed E-state index contributed by atoms with van der Waals surface area (Å²) >= 11 is 0. The van der Waals surface area contributed by atoms with Gasteiger partial charge in [0.2, 0.25) is 0 Å². The first kappa shape index (κ1) is 23.9. The highest BCUT2D eigenvalue weighted by atomic mass is 16.5. The Hall–Kier alpha value is -2.77. The van der Waals surface area contributed by atoms with Gasteiger partial charge in [-0.2, -0.15) is 0 Å². The van der Waals surface area contributed by atoms with Gasteiger partial charge in [0.1, 0.15) is 5.75 Å². The number of carbonyl (C=O) groups is 1. The van der Waals surface area contributed by atoms with Crippen LogP contribution >= 0.6 is 0 Å². The number of hydrogen-bond donors (Lipinski definition) is 1. The maximum atomic E-state index is 12.6. The lowest BCUT2D eigenvalue weighted by Crippen LogP contribution is -2.44. The highest BCUT2D eigenvalue weighted by Gasteiger charge is 2.24. The molecule has 7 nitrogen and oxygen atoms in total. The summed E-state index contributed by atoms with van der Waals surface area (Å²) in [6.45, 7) is 9.92. The first-order valence-corrected chi connectivity index (χ1v) is 11.1. The maximum absolute atomic E-state index is 12.6. The number of nitrogens with one attached hydrogen (secondary N) is 1. The Balaban J connectivity index is 1.67. The number of rotatable bonds is 10. The van der Waals surface area contributed by atoms with Crippen LogP contribution in [-0.4, -0.2) is 64.0 Å². The van der Waals surface area contributed by atoms with Crippen LogP contribution in [0.25, 0.3) is 0 Å². The molecule has 32 heavy (non-hydrogen) atoms. The molecule has 1 saturated heterocycles. The third-order valence-corrected chi connectivity index (χ3v) is 5.54. The molecule has 1 amide bonds. The number of carbonyl (C=O) groups excluding carboxylic acids is 1. The Kier molecular flexibility index (Phi) is 8.76. The molecule has 0 spiro atoms. The first-order chi connectivity index (χ1) is 15.5. The molecule has 1 unspecified atom stereocenters. The molecule has 3 rings (SSSR count). The van der Waals surface area contributed by atoms with Crippen molar-refractivity contribution in [2.24, 2.45) is 0 Å². The summed E-state index contributed by atoms with van der Waals surface area (Å²) in [6, 6.07) is 11.9. The van der Waals surface area contributed by atoms with Crippen LogP contribution in [0.2, 0.25) is 0 Å². The van der Waals surface area contributed by atoms with Crippen molar-refractivity contribution in [3.05, 3.63) is 53.1 Å². The Morgan fingerprint density at radius 2 is 1.81 bits per heavy atom. The van der Waals surface area contributed by atoms with Gasteiger partial charge in [0.25, 0.3) is 5.91 Å². The normalized spacial score (nSPS) is 15.1. The lowest BCUT2D eigenvalue weighted by atomic mass is 10.0. The molecule has 174 valence electrons. The van der Waals surface area contributed by atoms with Crippen LogP contribution in [0.3, 0.4) is 0 Å². The average molecular weight is 443 g/mol. The van der Waals surface area contributed by atoms with Gasteiger partial charge in [-0.15, -0.1) is 0 Å². The van der Waals surface area contributed by atoms with Gasteiger partial charge in [-0.3, -0.25) is 9.69 Å². The summed E-state index contributed by atoms with van der Waals surface area (Å²) in [5.74, 6) is 1.98. The van der Waals surface area contributed by atoms with Crippen LogP contribution in [0.5, 0.6) is 17.2 Å². The fourth-order valence-corrected chi connectivity index (χ4v) is 3.88. The monoisotopic (exact) mass is 442 g/mol. The molecule has 7 heteroatoms. The number of ether oxygens (including phenoxy) is 4. The molecule has 1 heterocycles. The molecular formula is C25H34N2O5. The minimum Gasteiger partial charge on any atom is -0.493 e. The largest absolute Gasteiger partial charge is 0.493 e. The van der Waals surface area contributed by atoms with Crippen LogP contribution in [0, 0.1) is 13.8 Å². The molecule has 0 aromatic heterocycles. The van der Waals surface area contributed by atoms with E-state index in [4.69, 9.17) is 18.9 Å². The third-order valence-electron chi connectivity index (χ3n) is 5.54. The molecular weight excluding hydrogens is 408 g/mol. The molecule has 1 aliphatic heterocycles. The molecule has 0 bridgehead atoms. The molecule has 1 aliphatic rings. The van der Waals surface area contributed by atoms with Gasteiger partial charge >= 0.3 is 0 Å². The van der Waals surface area contributed by atoms with E-state index < -0.39 is 0 Å². The predicted molar refractivity (Wildman–Crippen MR) is 124 cm³/mol. The molecule has 1 fully saturated rings. The fourth-order valence-electron chi connectivity index (χ4n) is 3.88. The summed E-state index contributed by atoms with van der Waals surface area (Å²) in [7, 11) is 1.64. The maximum Gasteiger partial charge on any atom is 0.258 e. The van der Waals surface area contributed by atoms with E-state index in [1.54, 1.807) is 7.11 Å². The zero-order chi connectivity index (χ0) is 22.9. The fraction of sp³-hybridized carbons (Fsp3) is 0.480. The van der Waals surface area contributed by atoms with Crippen molar-refractivity contribution in [2.75, 3.05) is 53.2 Å². The van der Waals surface area contributed by atoms with Gasteiger partial charge in [0, 0.05) is 19.6 Å². The van der Waals surface area contributed by atoms with E-state index in [-0.39, 0.29) is 18.6 Å². The summed E-state index contributed by atoms with van der Waals surface area (Å²) < 4.78 is 22.4. The smallest absolute Gasteiger partial charge is 0.258 e. The number of benzene rings is 2. The zero-order valence-electron chi connectivity index (χ0n) is 19.5. The molecule has 1 N–H and O–H groups in total. The van der Waals surface area contributed by atoms with Gasteiger partial charge in [-0.05, 0) is 50.1 Å². The van der Waals surface area contributed by atoms with E-state index in [0.29, 0.717) is 37.9 Å². The van der Waals surface area contributed by atoms with Gasteiger partial charge in [0.15, 0.2) is 18.1 Å². The molecule has 0 aliphatic carbocycles. The van der Waals surface area contributed by atoms with Crippen molar-refractivity contribution in [3.63, 3.8) is 0 Å². The van der Waals surface area contributed by atoms with Crippen molar-refractivity contribution in [2.45, 2.75) is 26.8 Å². The van der Waals surface area contributed by atoms with Crippen LogP contribution in [0.15, 0.2) is 36.4 Å². The molecule has 1 atom stereocenters. The number of nitrogens with zero attached hydrogens (tertiary/aromatic N) is 1. The summed E-state index contributed by atoms with van der Waals surface area (Å²) in [6.07, 6.45) is 0. The van der Waals surface area contributed by atoms with E-state index in [0.717, 1.165) is 30.0 Å². The molecule has 2 aromatic rings. The van der Waals surface area contributed by atoms with Crippen LogP contribution in [0.1, 0.15) is 29.7 Å². The standard InChI is InChI=1S/C25H34N2O5/c1-5-31-23-9-7-20(15-24(23)29-4)21(27-10-12-30-13-11-27)16-26-25(28)17-32-22-8-6-18(2)14-19(22)3/h6-9,14-15,21H,5,10-13,16-17H2,1-4H3,(H,26,28). The Bertz CT molecular complexity index is 896. The quantitative estimate of drug-likeness (QED) is 0.609. The highest BCUT2D eigenvalue weighted by molar-refractivity contribution is 5.77. The lowest BCUT2D eigenvalue weighted by molar-refractivity contribution is -0.123. The van der Waals surface area contributed by atoms with E-state index in [2.05, 4.69) is 10.2 Å². The Morgan fingerprint density at radius 3 is 2.50 bits per heavy atom. The number of methoxy groups -OCH3 is 1. The molecule has 0 saturated carbocycles. The highest BCUT2D eigenvalue weighted by Crippen LogP contribution is 2.32. The van der Waals surface area contributed by atoms with Gasteiger partial charge in [0.05, 0.1) is 33.0 Å². The lowest BCUT2D eigenvalue weighted by Gasteiger charge is -2.35. The summed E-state index contributed by atoms with van der Waals surface area (Å²) in [4.78, 5) is 14.9. The van der Waals surface area contributed by atoms with Crippen LogP contribution < -0.4 is 19.5 Å². The van der Waals surface area contributed by atoms with Crippen LogP contribution in [-0.2, 0) is 9.53 Å². The number of amides is 1. The summed E-state index contributed by atoms with van der Waals surface area (Å²) in [5, 5.41) is 3.04. The minimum absolute atomic E-state index is 0.00598. The van der Waals surface area contributed by atoms with Gasteiger partial charge in [-0.1, -0.05) is 23.8 Å². The zero-order valence-corrected chi connectivity index (χ0v) is 19.5. The minimum atomic E-state index is -0.152. The van der Waals surface area contributed by atoms with E-state index >= 15 is 0 Å². The van der Waals surface area contributed by atoms with Crippen LogP contribution in [0.4, 0.5) is 0 Å². The SMILES string of the molecule is CCOc1ccc(C(CNC(=O)COc2ccc(C)cc2C)N2CCOCC2)cc1OC. The average Bonchev–Trinajstić information content (AvgIpc) is 2.80. The van der Waals surface area contributed by atoms with Crippen molar-refractivity contribution in [3.8, 4) is 17.2 Å². The Labute approximate surface area is 190 Å².